The molecule has 4 atom stereocenters. The monoisotopic (exact) mass is 548 g/mol. The molecule has 1 aromatic carbocycles. The van der Waals surface area contributed by atoms with Crippen molar-refractivity contribution in [2.24, 2.45) is 33.8 Å². The molecular weight excluding hydrogens is 508 g/mol. The van der Waals surface area contributed by atoms with Gasteiger partial charge in [-0.1, -0.05) is 44.2 Å². The van der Waals surface area contributed by atoms with Gasteiger partial charge in [-0.2, -0.15) is 0 Å². The first-order valence-corrected chi connectivity index (χ1v) is 12.6. The first kappa shape index (κ1) is 32.8. The van der Waals surface area contributed by atoms with Gasteiger partial charge in [0, 0.05) is 13.0 Å². The number of carboxylic acid groups (broad SMARTS) is 1. The number of hydrogen-bond donors (Lipinski definition) is 8. The van der Waals surface area contributed by atoms with E-state index in [1.165, 1.54) is 0 Å². The van der Waals surface area contributed by atoms with E-state index in [2.05, 4.69) is 20.9 Å². The Balaban J connectivity index is 2.98. The second kappa shape index (κ2) is 16.6. The van der Waals surface area contributed by atoms with E-state index in [4.69, 9.17) is 22.9 Å². The number of guanidine groups is 1. The number of nitrogens with two attached hydrogens (primary N) is 4. The lowest BCUT2D eigenvalue weighted by Crippen LogP contribution is -2.58. The standard InChI is InChI=1S/C25H40N8O6/c1-14(2)20(33-21(35)16(26)13-15-7-4-3-5-8-15)23(37)31-17(9-6-12-30-25(28)29)22(36)32-18(24(38)39)10-11-19(27)34/h3-5,7-8,14,16-18,20H,6,9-13,26H2,1-2H3,(H2,27,34)(H,31,37)(H,32,36)(H,33,35)(H,38,39)(H4,28,29,30). The number of nitrogens with zero attached hydrogens (tertiary/aromatic N) is 1. The number of carbonyl (C=O) groups is 5. The molecule has 0 saturated heterocycles. The van der Waals surface area contributed by atoms with Gasteiger partial charge < -0.3 is 44.0 Å². The van der Waals surface area contributed by atoms with Crippen LogP contribution in [0, 0.1) is 5.92 Å². The van der Waals surface area contributed by atoms with E-state index in [1.54, 1.807) is 13.8 Å². The van der Waals surface area contributed by atoms with Gasteiger partial charge in [0.25, 0.3) is 0 Å². The second-order valence-electron chi connectivity index (χ2n) is 9.44. The predicted octanol–water partition coefficient (Wildman–Crippen LogP) is -1.93. The summed E-state index contributed by atoms with van der Waals surface area (Å²) in [6.07, 6.45) is 0.105. The van der Waals surface area contributed by atoms with Gasteiger partial charge >= 0.3 is 5.97 Å². The fourth-order valence-corrected chi connectivity index (χ4v) is 3.61. The highest BCUT2D eigenvalue weighted by Gasteiger charge is 2.31. The van der Waals surface area contributed by atoms with E-state index in [0.29, 0.717) is 0 Å². The smallest absolute Gasteiger partial charge is 0.326 e. The minimum absolute atomic E-state index is 0.0583. The summed E-state index contributed by atoms with van der Waals surface area (Å²) in [6.45, 7) is 3.58. The number of primary amides is 1. The van der Waals surface area contributed by atoms with Crippen molar-refractivity contribution in [2.75, 3.05) is 6.54 Å². The third-order valence-corrected chi connectivity index (χ3v) is 5.75. The van der Waals surface area contributed by atoms with Gasteiger partial charge in [0.05, 0.1) is 6.04 Å². The molecule has 0 saturated carbocycles. The zero-order valence-electron chi connectivity index (χ0n) is 22.3. The van der Waals surface area contributed by atoms with Crippen molar-refractivity contribution in [2.45, 2.75) is 70.1 Å². The minimum Gasteiger partial charge on any atom is -0.480 e. The molecule has 4 unspecified atom stereocenters. The number of aliphatic imine (C=N–C) groups is 1. The maximum absolute atomic E-state index is 13.2. The highest BCUT2D eigenvalue weighted by Crippen LogP contribution is 2.08. The number of amides is 4. The first-order chi connectivity index (χ1) is 18.3. The van der Waals surface area contributed by atoms with Crippen molar-refractivity contribution in [1.82, 2.24) is 16.0 Å². The molecule has 216 valence electrons. The molecule has 0 spiro atoms. The van der Waals surface area contributed by atoms with E-state index in [0.717, 1.165) is 5.56 Å². The number of nitrogens with one attached hydrogen (secondary N) is 3. The van der Waals surface area contributed by atoms with Crippen LogP contribution in [-0.2, 0) is 30.4 Å². The summed E-state index contributed by atoms with van der Waals surface area (Å²) < 4.78 is 0. The summed E-state index contributed by atoms with van der Waals surface area (Å²) in [7, 11) is 0. The summed E-state index contributed by atoms with van der Waals surface area (Å²) in [5.41, 5.74) is 22.6. The Morgan fingerprint density at radius 2 is 1.49 bits per heavy atom. The molecule has 0 aliphatic heterocycles. The lowest BCUT2D eigenvalue weighted by atomic mass is 10.00. The average Bonchev–Trinajstić information content (AvgIpc) is 2.86. The van der Waals surface area contributed by atoms with Gasteiger partial charge in [0.2, 0.25) is 23.6 Å². The van der Waals surface area contributed by atoms with Gasteiger partial charge in [0.15, 0.2) is 5.96 Å². The molecule has 14 heteroatoms. The molecule has 12 N–H and O–H groups in total. The molecule has 4 amide bonds. The van der Waals surface area contributed by atoms with Gasteiger partial charge in [-0.3, -0.25) is 24.2 Å². The summed E-state index contributed by atoms with van der Waals surface area (Å²) in [6, 6.07) is 4.63. The summed E-state index contributed by atoms with van der Waals surface area (Å²) in [4.78, 5) is 65.5. The Labute approximate surface area is 227 Å². The molecule has 0 fully saturated rings. The van der Waals surface area contributed by atoms with Crippen LogP contribution in [-0.4, -0.2) is 71.4 Å². The topological polar surface area (TPSA) is 258 Å². The van der Waals surface area contributed by atoms with Crippen LogP contribution in [0.3, 0.4) is 0 Å². The van der Waals surface area contributed by atoms with Crippen molar-refractivity contribution < 1.29 is 29.1 Å². The Hall–Kier alpha value is -4.20. The minimum atomic E-state index is -1.40. The quantitative estimate of drug-likeness (QED) is 0.0611. The summed E-state index contributed by atoms with van der Waals surface area (Å²) in [5, 5.41) is 17.0. The molecular formula is C25H40N8O6. The molecule has 0 aliphatic carbocycles. The Kier molecular flexibility index (Phi) is 14.0. The number of carbonyl (C=O) groups excluding carboxylic acids is 4. The molecule has 39 heavy (non-hydrogen) atoms. The van der Waals surface area contributed by atoms with Crippen LogP contribution in [0.1, 0.15) is 45.1 Å². The van der Waals surface area contributed by atoms with Crippen molar-refractivity contribution in [1.29, 1.82) is 0 Å². The maximum Gasteiger partial charge on any atom is 0.326 e. The molecule has 0 aliphatic rings. The van der Waals surface area contributed by atoms with Crippen LogP contribution in [0.4, 0.5) is 0 Å². The van der Waals surface area contributed by atoms with E-state index >= 15 is 0 Å². The molecule has 1 rings (SSSR count). The fourth-order valence-electron chi connectivity index (χ4n) is 3.61. The molecule has 0 radical (unpaired) electrons. The normalized spacial score (nSPS) is 13.8. The molecule has 0 bridgehead atoms. The Morgan fingerprint density at radius 1 is 0.872 bits per heavy atom. The van der Waals surface area contributed by atoms with Crippen molar-refractivity contribution in [3.63, 3.8) is 0 Å². The first-order valence-electron chi connectivity index (χ1n) is 12.6. The van der Waals surface area contributed by atoms with E-state index in [9.17, 15) is 29.1 Å². The van der Waals surface area contributed by atoms with E-state index < -0.39 is 53.8 Å². The number of benzene rings is 1. The third-order valence-electron chi connectivity index (χ3n) is 5.75. The van der Waals surface area contributed by atoms with Gasteiger partial charge in [0.1, 0.15) is 18.1 Å². The van der Waals surface area contributed by atoms with Crippen molar-refractivity contribution in [3.05, 3.63) is 35.9 Å². The molecule has 0 aromatic heterocycles. The number of carboxylic acids is 1. The van der Waals surface area contributed by atoms with Crippen molar-refractivity contribution >= 4 is 35.6 Å². The maximum atomic E-state index is 13.2. The van der Waals surface area contributed by atoms with Gasteiger partial charge in [-0.25, -0.2) is 4.79 Å². The number of rotatable bonds is 17. The van der Waals surface area contributed by atoms with E-state index in [-0.39, 0.29) is 50.5 Å². The summed E-state index contributed by atoms with van der Waals surface area (Å²) in [5.74, 6) is -4.60. The number of hydrogen-bond acceptors (Lipinski definition) is 7. The molecule has 0 heterocycles. The fraction of sp³-hybridized carbons (Fsp3) is 0.520. The predicted molar refractivity (Wildman–Crippen MR) is 145 cm³/mol. The van der Waals surface area contributed by atoms with Gasteiger partial charge in [-0.05, 0) is 37.2 Å². The highest BCUT2D eigenvalue weighted by molar-refractivity contribution is 5.94. The van der Waals surface area contributed by atoms with Crippen LogP contribution in [0.15, 0.2) is 35.3 Å². The summed E-state index contributed by atoms with van der Waals surface area (Å²) >= 11 is 0. The number of aliphatic carboxylic acids is 1. The second-order valence-corrected chi connectivity index (χ2v) is 9.44. The van der Waals surface area contributed by atoms with Crippen molar-refractivity contribution in [3.8, 4) is 0 Å². The van der Waals surface area contributed by atoms with Gasteiger partial charge in [-0.15, -0.1) is 0 Å². The SMILES string of the molecule is CC(C)C(NC(=O)C(N)Cc1ccccc1)C(=O)NC(CCCN=C(N)N)C(=O)NC(CCC(N)=O)C(=O)O. The van der Waals surface area contributed by atoms with Crippen LogP contribution >= 0.6 is 0 Å². The average molecular weight is 549 g/mol. The highest BCUT2D eigenvalue weighted by atomic mass is 16.4. The zero-order chi connectivity index (χ0) is 29.5. The van der Waals surface area contributed by atoms with Crippen LogP contribution in [0.25, 0.3) is 0 Å². The van der Waals surface area contributed by atoms with E-state index in [1.807, 2.05) is 30.3 Å². The Morgan fingerprint density at radius 3 is 2.03 bits per heavy atom. The largest absolute Gasteiger partial charge is 0.480 e. The Bertz CT molecular complexity index is 1010. The molecule has 14 nitrogen and oxygen atoms in total. The van der Waals surface area contributed by atoms with Crippen LogP contribution in [0.5, 0.6) is 0 Å². The van der Waals surface area contributed by atoms with Crippen LogP contribution < -0.4 is 38.9 Å². The lowest BCUT2D eigenvalue weighted by molar-refractivity contribution is -0.142. The zero-order valence-corrected chi connectivity index (χ0v) is 22.3. The third kappa shape index (κ3) is 12.7. The van der Waals surface area contributed by atoms with Crippen LogP contribution in [0.2, 0.25) is 0 Å². The molecule has 1 aromatic rings. The lowest BCUT2D eigenvalue weighted by Gasteiger charge is -2.27.